The van der Waals surface area contributed by atoms with Crippen LogP contribution >= 0.6 is 0 Å². The molecule has 26 heavy (non-hydrogen) atoms. The third-order valence-electron chi connectivity index (χ3n) is 3.91. The molecule has 0 aliphatic heterocycles. The minimum absolute atomic E-state index is 0.121. The number of amides is 2. The van der Waals surface area contributed by atoms with E-state index in [9.17, 15) is 14.4 Å². The molecule has 0 spiro atoms. The van der Waals surface area contributed by atoms with Crippen molar-refractivity contribution in [2.75, 3.05) is 13.2 Å². The topological polar surface area (TPSA) is 84.5 Å². The van der Waals surface area contributed by atoms with Crippen molar-refractivity contribution in [1.82, 2.24) is 10.6 Å². The van der Waals surface area contributed by atoms with Gasteiger partial charge in [0.25, 0.3) is 5.91 Å². The fraction of sp³-hybridized carbons (Fsp3) is 0.450. The van der Waals surface area contributed by atoms with Crippen LogP contribution in [0.15, 0.2) is 42.0 Å². The van der Waals surface area contributed by atoms with Crippen molar-refractivity contribution in [3.8, 4) is 0 Å². The molecular formula is C20H28N2O4. The van der Waals surface area contributed by atoms with Gasteiger partial charge in [-0.1, -0.05) is 24.3 Å². The van der Waals surface area contributed by atoms with Crippen LogP contribution in [0.1, 0.15) is 50.4 Å². The Bertz CT molecular complexity index is 626. The van der Waals surface area contributed by atoms with Gasteiger partial charge in [-0.2, -0.15) is 0 Å². The summed E-state index contributed by atoms with van der Waals surface area (Å²) >= 11 is 0. The first-order valence-electron chi connectivity index (χ1n) is 8.93. The lowest BCUT2D eigenvalue weighted by atomic mass is 10.1. The number of rotatable bonds is 10. The predicted octanol–water partition coefficient (Wildman–Crippen LogP) is 2.60. The Morgan fingerprint density at radius 2 is 1.85 bits per heavy atom. The second kappa shape index (κ2) is 11.8. The number of carbonyl (C=O) groups is 3. The number of esters is 1. The van der Waals surface area contributed by atoms with E-state index >= 15 is 0 Å². The number of allylic oxidation sites excluding steroid dienone is 1. The number of ether oxygens (including phenoxy) is 1. The minimum atomic E-state index is -0.679. The maximum absolute atomic E-state index is 12.0. The molecule has 0 saturated carbocycles. The van der Waals surface area contributed by atoms with Crippen LogP contribution in [-0.4, -0.2) is 37.0 Å². The second-order valence-electron chi connectivity index (χ2n) is 5.87. The Kier molecular flexibility index (Phi) is 9.75. The number of carbonyl (C=O) groups excluding carboxylic acids is 3. The van der Waals surface area contributed by atoms with E-state index in [2.05, 4.69) is 10.6 Å². The van der Waals surface area contributed by atoms with Gasteiger partial charge in [0.2, 0.25) is 5.91 Å². The standard InChI is InChI=1S/C20H28N2O4/c1-4-15(3)18(23)22-17(20(25)26-5-2)13-9-10-14-21-19(24)16-11-7-6-8-12-16/h4,6-8,11-12,17H,5,9-10,13-14H2,1-3H3,(H,21,24)(H,22,23)/b15-4+/t17-/m0/s1. The Morgan fingerprint density at radius 3 is 2.46 bits per heavy atom. The zero-order valence-electron chi connectivity index (χ0n) is 15.7. The second-order valence-corrected chi connectivity index (χ2v) is 5.87. The minimum Gasteiger partial charge on any atom is -0.464 e. The molecule has 0 aromatic heterocycles. The van der Waals surface area contributed by atoms with Crippen LogP contribution in [0, 0.1) is 0 Å². The highest BCUT2D eigenvalue weighted by molar-refractivity contribution is 5.95. The van der Waals surface area contributed by atoms with E-state index in [0.717, 1.165) is 0 Å². The Balaban J connectivity index is 2.42. The molecule has 0 saturated heterocycles. The van der Waals surface area contributed by atoms with Gasteiger partial charge >= 0.3 is 5.97 Å². The maximum Gasteiger partial charge on any atom is 0.328 e. The summed E-state index contributed by atoms with van der Waals surface area (Å²) in [6.07, 6.45) is 3.53. The number of hydrogen-bond acceptors (Lipinski definition) is 4. The van der Waals surface area contributed by atoms with E-state index < -0.39 is 12.0 Å². The normalized spacial score (nSPS) is 12.2. The molecule has 142 valence electrons. The Labute approximate surface area is 155 Å². The quantitative estimate of drug-likeness (QED) is 0.382. The van der Waals surface area contributed by atoms with Gasteiger partial charge in [-0.25, -0.2) is 4.79 Å². The van der Waals surface area contributed by atoms with Crippen molar-refractivity contribution in [3.63, 3.8) is 0 Å². The van der Waals surface area contributed by atoms with Crippen molar-refractivity contribution in [2.45, 2.75) is 46.1 Å². The molecule has 1 aromatic carbocycles. The van der Waals surface area contributed by atoms with Crippen LogP contribution < -0.4 is 10.6 Å². The maximum atomic E-state index is 12.0. The van der Waals surface area contributed by atoms with Crippen molar-refractivity contribution in [1.29, 1.82) is 0 Å². The molecule has 0 heterocycles. The summed E-state index contributed by atoms with van der Waals surface area (Å²) in [7, 11) is 0. The van der Waals surface area contributed by atoms with Gasteiger partial charge in [0, 0.05) is 17.7 Å². The summed E-state index contributed by atoms with van der Waals surface area (Å²) in [6.45, 7) is 5.96. The zero-order valence-corrected chi connectivity index (χ0v) is 15.7. The molecule has 0 fully saturated rings. The average Bonchev–Trinajstić information content (AvgIpc) is 2.66. The van der Waals surface area contributed by atoms with Gasteiger partial charge < -0.3 is 15.4 Å². The molecule has 0 bridgehead atoms. The lowest BCUT2D eigenvalue weighted by molar-refractivity contribution is -0.147. The molecule has 1 aromatic rings. The first kappa shape index (κ1) is 21.4. The highest BCUT2D eigenvalue weighted by Crippen LogP contribution is 2.05. The molecule has 1 rings (SSSR count). The summed E-state index contributed by atoms with van der Waals surface area (Å²) in [5.41, 5.74) is 1.17. The van der Waals surface area contributed by atoms with Crippen LogP contribution in [0.5, 0.6) is 0 Å². The average molecular weight is 360 g/mol. The van der Waals surface area contributed by atoms with Gasteiger partial charge in [0.1, 0.15) is 6.04 Å². The molecule has 6 nitrogen and oxygen atoms in total. The summed E-state index contributed by atoms with van der Waals surface area (Å²) in [5, 5.41) is 5.55. The van der Waals surface area contributed by atoms with E-state index in [1.54, 1.807) is 39.0 Å². The lowest BCUT2D eigenvalue weighted by Crippen LogP contribution is -2.42. The summed E-state index contributed by atoms with van der Waals surface area (Å²) in [5.74, 6) is -0.828. The fourth-order valence-electron chi connectivity index (χ4n) is 2.26. The van der Waals surface area contributed by atoms with Gasteiger partial charge in [0.15, 0.2) is 0 Å². The number of nitrogens with one attached hydrogen (secondary N) is 2. The van der Waals surface area contributed by atoms with E-state index in [4.69, 9.17) is 4.74 Å². The molecule has 0 aliphatic rings. The Hall–Kier alpha value is -2.63. The molecule has 2 amide bonds. The number of benzene rings is 1. The molecule has 0 aliphatic carbocycles. The smallest absolute Gasteiger partial charge is 0.328 e. The third kappa shape index (κ3) is 7.51. The van der Waals surface area contributed by atoms with Crippen LogP contribution in [0.25, 0.3) is 0 Å². The van der Waals surface area contributed by atoms with Crippen LogP contribution in [0.3, 0.4) is 0 Å². The molecule has 0 radical (unpaired) electrons. The SMILES string of the molecule is C/C=C(\C)C(=O)N[C@@H](CCCCNC(=O)c1ccccc1)C(=O)OCC. The van der Waals surface area contributed by atoms with Crippen molar-refractivity contribution in [2.24, 2.45) is 0 Å². The molecule has 6 heteroatoms. The molecule has 0 unspecified atom stereocenters. The zero-order chi connectivity index (χ0) is 19.4. The van der Waals surface area contributed by atoms with Crippen LogP contribution in [0.2, 0.25) is 0 Å². The highest BCUT2D eigenvalue weighted by Gasteiger charge is 2.21. The van der Waals surface area contributed by atoms with Crippen molar-refractivity contribution >= 4 is 17.8 Å². The first-order valence-corrected chi connectivity index (χ1v) is 8.93. The Morgan fingerprint density at radius 1 is 1.15 bits per heavy atom. The number of hydrogen-bond donors (Lipinski definition) is 2. The van der Waals surface area contributed by atoms with Gasteiger partial charge in [0.05, 0.1) is 6.61 Å². The largest absolute Gasteiger partial charge is 0.464 e. The first-order chi connectivity index (χ1) is 12.5. The van der Waals surface area contributed by atoms with Crippen LogP contribution in [-0.2, 0) is 14.3 Å². The fourth-order valence-corrected chi connectivity index (χ4v) is 2.26. The van der Waals surface area contributed by atoms with E-state index in [1.807, 2.05) is 18.2 Å². The van der Waals surface area contributed by atoms with E-state index in [-0.39, 0.29) is 18.4 Å². The molecule has 1 atom stereocenters. The van der Waals surface area contributed by atoms with Gasteiger partial charge in [-0.3, -0.25) is 9.59 Å². The summed E-state index contributed by atoms with van der Waals surface area (Å²) < 4.78 is 5.03. The van der Waals surface area contributed by atoms with E-state index in [0.29, 0.717) is 36.9 Å². The summed E-state index contributed by atoms with van der Waals surface area (Å²) in [6, 6.07) is 8.32. The van der Waals surface area contributed by atoms with Crippen molar-refractivity contribution < 1.29 is 19.1 Å². The van der Waals surface area contributed by atoms with Gasteiger partial charge in [-0.15, -0.1) is 0 Å². The van der Waals surface area contributed by atoms with E-state index in [1.165, 1.54) is 0 Å². The van der Waals surface area contributed by atoms with Crippen molar-refractivity contribution in [3.05, 3.63) is 47.5 Å². The monoisotopic (exact) mass is 360 g/mol. The molecular weight excluding hydrogens is 332 g/mol. The molecule has 2 N–H and O–H groups in total. The third-order valence-corrected chi connectivity index (χ3v) is 3.91. The highest BCUT2D eigenvalue weighted by atomic mass is 16.5. The summed E-state index contributed by atoms with van der Waals surface area (Å²) in [4.78, 5) is 35.9. The lowest BCUT2D eigenvalue weighted by Gasteiger charge is -2.17. The predicted molar refractivity (Wildman–Crippen MR) is 101 cm³/mol. The number of unbranched alkanes of at least 4 members (excludes halogenated alkanes) is 1. The van der Waals surface area contributed by atoms with Crippen LogP contribution in [0.4, 0.5) is 0 Å². The van der Waals surface area contributed by atoms with Gasteiger partial charge in [-0.05, 0) is 52.2 Å².